The van der Waals surface area contributed by atoms with Crippen LogP contribution in [0, 0.1) is 6.92 Å². The lowest BCUT2D eigenvalue weighted by Crippen LogP contribution is -2.39. The van der Waals surface area contributed by atoms with Crippen molar-refractivity contribution in [3.8, 4) is 0 Å². The summed E-state index contributed by atoms with van der Waals surface area (Å²) in [5.74, 6) is -0.103. The molecule has 1 N–H and O–H groups in total. The molecule has 1 aliphatic heterocycles. The Morgan fingerprint density at radius 3 is 2.95 bits per heavy atom. The SMILES string of the molecule is Cc1ccc2nc(C(=O)NC3CCOCC3)cn2c1. The van der Waals surface area contributed by atoms with Crippen LogP contribution in [0.3, 0.4) is 0 Å². The summed E-state index contributed by atoms with van der Waals surface area (Å²) in [6.07, 6.45) is 5.49. The molecule has 5 heteroatoms. The number of imidazole rings is 1. The Balaban J connectivity index is 1.77. The number of aromatic nitrogens is 2. The Labute approximate surface area is 111 Å². The molecule has 0 unspecified atom stereocenters. The second-order valence-corrected chi connectivity index (χ2v) is 4.96. The summed E-state index contributed by atoms with van der Waals surface area (Å²) in [7, 11) is 0. The largest absolute Gasteiger partial charge is 0.381 e. The quantitative estimate of drug-likeness (QED) is 0.890. The molecule has 0 radical (unpaired) electrons. The predicted molar refractivity (Wildman–Crippen MR) is 71.2 cm³/mol. The van der Waals surface area contributed by atoms with Crippen LogP contribution in [0.1, 0.15) is 28.9 Å². The number of fused-ring (bicyclic) bond motifs is 1. The molecule has 1 fully saturated rings. The Morgan fingerprint density at radius 2 is 2.16 bits per heavy atom. The van der Waals surface area contributed by atoms with Gasteiger partial charge in [0, 0.05) is 31.6 Å². The first-order chi connectivity index (χ1) is 9.22. The van der Waals surface area contributed by atoms with Crippen LogP contribution in [0.2, 0.25) is 0 Å². The number of carbonyl (C=O) groups excluding carboxylic acids is 1. The number of amides is 1. The normalized spacial score (nSPS) is 16.7. The van der Waals surface area contributed by atoms with E-state index in [4.69, 9.17) is 4.74 Å². The molecular formula is C14H17N3O2. The molecule has 0 saturated carbocycles. The first-order valence-corrected chi connectivity index (χ1v) is 6.56. The van der Waals surface area contributed by atoms with Gasteiger partial charge in [-0.05, 0) is 31.4 Å². The number of nitrogens with one attached hydrogen (secondary N) is 1. The van der Waals surface area contributed by atoms with Crippen molar-refractivity contribution >= 4 is 11.6 Å². The molecule has 0 spiro atoms. The number of nitrogens with zero attached hydrogens (tertiary/aromatic N) is 2. The van der Waals surface area contributed by atoms with Gasteiger partial charge in [-0.15, -0.1) is 0 Å². The van der Waals surface area contributed by atoms with E-state index in [2.05, 4.69) is 10.3 Å². The van der Waals surface area contributed by atoms with Crippen LogP contribution in [0.25, 0.3) is 5.65 Å². The lowest BCUT2D eigenvalue weighted by atomic mass is 10.1. The van der Waals surface area contributed by atoms with E-state index in [-0.39, 0.29) is 11.9 Å². The zero-order valence-corrected chi connectivity index (χ0v) is 10.9. The van der Waals surface area contributed by atoms with Gasteiger partial charge in [0.25, 0.3) is 5.91 Å². The summed E-state index contributed by atoms with van der Waals surface area (Å²) in [6, 6.07) is 4.11. The molecule has 100 valence electrons. The summed E-state index contributed by atoms with van der Waals surface area (Å²) in [5, 5.41) is 3.02. The van der Waals surface area contributed by atoms with Crippen LogP contribution in [-0.4, -0.2) is 34.5 Å². The Kier molecular flexibility index (Phi) is 3.21. The van der Waals surface area contributed by atoms with E-state index in [1.807, 2.05) is 29.7 Å². The van der Waals surface area contributed by atoms with Crippen LogP contribution >= 0.6 is 0 Å². The standard InChI is InChI=1S/C14H17N3O2/c1-10-2-3-13-16-12(9-17(13)8-10)14(18)15-11-4-6-19-7-5-11/h2-3,8-9,11H,4-7H2,1H3,(H,15,18). The van der Waals surface area contributed by atoms with Gasteiger partial charge in [0.15, 0.2) is 0 Å². The van der Waals surface area contributed by atoms with Crippen LogP contribution in [0.15, 0.2) is 24.5 Å². The minimum Gasteiger partial charge on any atom is -0.381 e. The maximum Gasteiger partial charge on any atom is 0.271 e. The van der Waals surface area contributed by atoms with Crippen LogP contribution < -0.4 is 5.32 Å². The number of hydrogen-bond acceptors (Lipinski definition) is 3. The second-order valence-electron chi connectivity index (χ2n) is 4.96. The molecule has 1 amide bonds. The van der Waals surface area contributed by atoms with Gasteiger partial charge in [-0.3, -0.25) is 4.79 Å². The molecule has 0 aliphatic carbocycles. The van der Waals surface area contributed by atoms with Gasteiger partial charge in [0.05, 0.1) is 0 Å². The summed E-state index contributed by atoms with van der Waals surface area (Å²) >= 11 is 0. The summed E-state index contributed by atoms with van der Waals surface area (Å²) in [5.41, 5.74) is 2.40. The molecule has 0 bridgehead atoms. The summed E-state index contributed by atoms with van der Waals surface area (Å²) in [6.45, 7) is 3.45. The van der Waals surface area contributed by atoms with Gasteiger partial charge >= 0.3 is 0 Å². The highest BCUT2D eigenvalue weighted by atomic mass is 16.5. The van der Waals surface area contributed by atoms with Crippen molar-refractivity contribution in [2.45, 2.75) is 25.8 Å². The van der Waals surface area contributed by atoms with Gasteiger partial charge in [0.1, 0.15) is 11.3 Å². The molecule has 0 aromatic carbocycles. The average Bonchev–Trinajstić information content (AvgIpc) is 2.83. The average molecular weight is 259 g/mol. The van der Waals surface area contributed by atoms with Gasteiger partial charge in [-0.2, -0.15) is 0 Å². The molecule has 1 saturated heterocycles. The Morgan fingerprint density at radius 1 is 1.37 bits per heavy atom. The number of carbonyl (C=O) groups is 1. The van der Waals surface area contributed by atoms with Crippen molar-refractivity contribution in [1.82, 2.24) is 14.7 Å². The fourth-order valence-electron chi connectivity index (χ4n) is 2.31. The number of hydrogen-bond donors (Lipinski definition) is 1. The first kappa shape index (κ1) is 12.2. The summed E-state index contributed by atoms with van der Waals surface area (Å²) < 4.78 is 7.16. The highest BCUT2D eigenvalue weighted by Gasteiger charge is 2.18. The lowest BCUT2D eigenvalue weighted by molar-refractivity contribution is 0.0694. The van der Waals surface area contributed by atoms with E-state index in [9.17, 15) is 4.79 Å². The van der Waals surface area contributed by atoms with E-state index in [1.165, 1.54) is 0 Å². The minimum atomic E-state index is -0.103. The minimum absolute atomic E-state index is 0.103. The zero-order chi connectivity index (χ0) is 13.2. The van der Waals surface area contributed by atoms with E-state index < -0.39 is 0 Å². The van der Waals surface area contributed by atoms with Crippen molar-refractivity contribution in [2.75, 3.05) is 13.2 Å². The zero-order valence-electron chi connectivity index (χ0n) is 10.9. The lowest BCUT2D eigenvalue weighted by Gasteiger charge is -2.22. The van der Waals surface area contributed by atoms with Gasteiger partial charge in [-0.1, -0.05) is 6.07 Å². The maximum absolute atomic E-state index is 12.1. The topological polar surface area (TPSA) is 55.6 Å². The molecule has 3 heterocycles. The summed E-state index contributed by atoms with van der Waals surface area (Å²) in [4.78, 5) is 16.5. The van der Waals surface area contributed by atoms with Crippen molar-refractivity contribution < 1.29 is 9.53 Å². The van der Waals surface area contributed by atoms with Gasteiger partial charge in [0.2, 0.25) is 0 Å². The molecule has 1 aliphatic rings. The van der Waals surface area contributed by atoms with Crippen LogP contribution in [0.4, 0.5) is 0 Å². The van der Waals surface area contributed by atoms with Crippen molar-refractivity contribution in [3.63, 3.8) is 0 Å². The third-order valence-corrected chi connectivity index (χ3v) is 3.39. The van der Waals surface area contributed by atoms with E-state index in [1.54, 1.807) is 6.20 Å². The van der Waals surface area contributed by atoms with Crippen molar-refractivity contribution in [3.05, 3.63) is 35.8 Å². The highest BCUT2D eigenvalue weighted by Crippen LogP contribution is 2.10. The molecule has 2 aromatic rings. The third kappa shape index (κ3) is 2.61. The number of aryl methyl sites for hydroxylation is 1. The van der Waals surface area contributed by atoms with E-state index in [0.29, 0.717) is 5.69 Å². The number of rotatable bonds is 2. The van der Waals surface area contributed by atoms with E-state index >= 15 is 0 Å². The van der Waals surface area contributed by atoms with Gasteiger partial charge < -0.3 is 14.5 Å². The highest BCUT2D eigenvalue weighted by molar-refractivity contribution is 5.93. The molecule has 3 rings (SSSR count). The number of pyridine rings is 1. The smallest absolute Gasteiger partial charge is 0.271 e. The van der Waals surface area contributed by atoms with Crippen LogP contribution in [-0.2, 0) is 4.74 Å². The maximum atomic E-state index is 12.1. The molecule has 0 atom stereocenters. The van der Waals surface area contributed by atoms with Crippen LogP contribution in [0.5, 0.6) is 0 Å². The Hall–Kier alpha value is -1.88. The second kappa shape index (κ2) is 5.01. The predicted octanol–water partition coefficient (Wildman–Crippen LogP) is 1.55. The first-order valence-electron chi connectivity index (χ1n) is 6.56. The third-order valence-electron chi connectivity index (χ3n) is 3.39. The van der Waals surface area contributed by atoms with Crippen molar-refractivity contribution in [1.29, 1.82) is 0 Å². The van der Waals surface area contributed by atoms with E-state index in [0.717, 1.165) is 37.3 Å². The fourth-order valence-corrected chi connectivity index (χ4v) is 2.31. The molecular weight excluding hydrogens is 242 g/mol. The van der Waals surface area contributed by atoms with Gasteiger partial charge in [-0.25, -0.2) is 4.98 Å². The fraction of sp³-hybridized carbons (Fsp3) is 0.429. The number of ether oxygens (including phenoxy) is 1. The van der Waals surface area contributed by atoms with Crippen molar-refractivity contribution in [2.24, 2.45) is 0 Å². The Bertz CT molecular complexity index is 600. The molecule has 5 nitrogen and oxygen atoms in total. The molecule has 19 heavy (non-hydrogen) atoms. The molecule has 2 aromatic heterocycles. The monoisotopic (exact) mass is 259 g/mol.